The molecule has 2 aromatic rings. The Morgan fingerprint density at radius 3 is 1.88 bits per heavy atom. The van der Waals surface area contributed by atoms with Crippen LogP contribution in [0.3, 0.4) is 0 Å². The second-order valence-electron chi connectivity index (χ2n) is 9.84. The fraction of sp³-hybridized carbons (Fsp3) is 0.586. The first kappa shape index (κ1) is 24.9. The molecule has 1 saturated carbocycles. The fourth-order valence-electron chi connectivity index (χ4n) is 5.08. The van der Waals surface area contributed by atoms with Crippen molar-refractivity contribution in [2.75, 3.05) is 0 Å². The molecule has 1 fully saturated rings. The van der Waals surface area contributed by atoms with Crippen molar-refractivity contribution in [3.05, 3.63) is 59.7 Å². The SMILES string of the molecule is CCCCCCCC[C@H]1CC[C@H](c2ccc(-c3ccc(C(F)C(C)(F)F)cc3)cc2)CC1. The lowest BCUT2D eigenvalue weighted by Gasteiger charge is -2.29. The zero-order chi connectivity index (χ0) is 23.0. The Kier molecular flexibility index (Phi) is 9.25. The molecule has 32 heavy (non-hydrogen) atoms. The molecule has 0 spiro atoms. The first-order valence-corrected chi connectivity index (χ1v) is 12.6. The summed E-state index contributed by atoms with van der Waals surface area (Å²) in [6.07, 6.45) is 12.7. The van der Waals surface area contributed by atoms with Crippen molar-refractivity contribution in [2.45, 2.75) is 102 Å². The summed E-state index contributed by atoms with van der Waals surface area (Å²) in [7, 11) is 0. The first-order chi connectivity index (χ1) is 15.4. The predicted molar refractivity (Wildman–Crippen MR) is 129 cm³/mol. The maximum atomic E-state index is 13.8. The molecule has 1 unspecified atom stereocenters. The van der Waals surface area contributed by atoms with E-state index >= 15 is 0 Å². The molecule has 3 rings (SSSR count). The summed E-state index contributed by atoms with van der Waals surface area (Å²) in [6, 6.07) is 15.0. The summed E-state index contributed by atoms with van der Waals surface area (Å²) < 4.78 is 40.3. The Hall–Kier alpha value is -1.77. The Bertz CT molecular complexity index is 781. The summed E-state index contributed by atoms with van der Waals surface area (Å²) in [5.74, 6) is -1.81. The number of rotatable bonds is 11. The van der Waals surface area contributed by atoms with Crippen LogP contribution in [0.5, 0.6) is 0 Å². The zero-order valence-electron chi connectivity index (χ0n) is 19.8. The van der Waals surface area contributed by atoms with Crippen LogP contribution in [0.4, 0.5) is 13.2 Å². The third-order valence-corrected chi connectivity index (χ3v) is 7.18. The van der Waals surface area contributed by atoms with Gasteiger partial charge in [-0.05, 0) is 59.8 Å². The monoisotopic (exact) mass is 444 g/mol. The van der Waals surface area contributed by atoms with Gasteiger partial charge in [0.05, 0.1) is 0 Å². The van der Waals surface area contributed by atoms with Crippen LogP contribution in [0.2, 0.25) is 0 Å². The molecule has 0 N–H and O–H groups in total. The second-order valence-corrected chi connectivity index (χ2v) is 9.84. The van der Waals surface area contributed by atoms with Gasteiger partial charge < -0.3 is 0 Å². The van der Waals surface area contributed by atoms with Crippen molar-refractivity contribution < 1.29 is 13.2 Å². The maximum absolute atomic E-state index is 13.8. The molecule has 0 aliphatic heterocycles. The Labute approximate surface area is 192 Å². The number of unbranched alkanes of at least 4 members (excludes halogenated alkanes) is 5. The quantitative estimate of drug-likeness (QED) is 0.302. The van der Waals surface area contributed by atoms with E-state index in [4.69, 9.17) is 0 Å². The van der Waals surface area contributed by atoms with E-state index < -0.39 is 12.1 Å². The third kappa shape index (κ3) is 7.12. The van der Waals surface area contributed by atoms with Gasteiger partial charge in [0, 0.05) is 6.92 Å². The van der Waals surface area contributed by atoms with E-state index in [0.717, 1.165) is 17.0 Å². The minimum atomic E-state index is -3.36. The molecular weight excluding hydrogens is 405 g/mol. The molecule has 0 nitrogen and oxygen atoms in total. The molecule has 0 saturated heterocycles. The standard InChI is InChI=1S/C29H39F3/c1-3-4-5-6-7-8-9-22-10-12-23(13-11-22)24-14-16-25(17-15-24)26-18-20-27(21-19-26)28(30)29(2,31)32/h14-23,28H,3-13H2,1-2H3/t22-,23-,28?. The number of halogens is 3. The summed E-state index contributed by atoms with van der Waals surface area (Å²) >= 11 is 0. The van der Waals surface area contributed by atoms with Crippen LogP contribution in [0.1, 0.15) is 108 Å². The Morgan fingerprint density at radius 1 is 0.781 bits per heavy atom. The van der Waals surface area contributed by atoms with Crippen molar-refractivity contribution in [2.24, 2.45) is 5.92 Å². The minimum Gasteiger partial charge on any atom is -0.236 e. The van der Waals surface area contributed by atoms with Gasteiger partial charge in [-0.15, -0.1) is 0 Å². The topological polar surface area (TPSA) is 0 Å². The van der Waals surface area contributed by atoms with E-state index in [0.29, 0.717) is 12.8 Å². The fourth-order valence-corrected chi connectivity index (χ4v) is 5.08. The summed E-state index contributed by atoms with van der Waals surface area (Å²) in [5, 5.41) is 0. The van der Waals surface area contributed by atoms with Gasteiger partial charge in [-0.3, -0.25) is 0 Å². The molecule has 0 radical (unpaired) electrons. The molecule has 1 aliphatic carbocycles. The second kappa shape index (κ2) is 11.9. The molecule has 0 amide bonds. The zero-order valence-corrected chi connectivity index (χ0v) is 19.8. The average molecular weight is 445 g/mol. The van der Waals surface area contributed by atoms with E-state index in [9.17, 15) is 13.2 Å². The maximum Gasteiger partial charge on any atom is 0.280 e. The average Bonchev–Trinajstić information content (AvgIpc) is 2.81. The predicted octanol–water partition coefficient (Wildman–Crippen LogP) is 10.0. The molecule has 0 bridgehead atoms. The number of alkyl halides is 3. The van der Waals surface area contributed by atoms with Gasteiger partial charge in [-0.2, -0.15) is 0 Å². The van der Waals surface area contributed by atoms with E-state index in [1.54, 1.807) is 12.1 Å². The summed E-state index contributed by atoms with van der Waals surface area (Å²) in [5.41, 5.74) is 3.39. The smallest absolute Gasteiger partial charge is 0.236 e. The molecule has 3 heteroatoms. The van der Waals surface area contributed by atoms with Crippen molar-refractivity contribution >= 4 is 0 Å². The largest absolute Gasteiger partial charge is 0.280 e. The number of benzene rings is 2. The van der Waals surface area contributed by atoms with Crippen LogP contribution in [-0.2, 0) is 0 Å². The Morgan fingerprint density at radius 2 is 1.31 bits per heavy atom. The molecule has 1 atom stereocenters. The van der Waals surface area contributed by atoms with E-state index in [1.165, 1.54) is 88.3 Å². The van der Waals surface area contributed by atoms with Crippen LogP contribution in [0.15, 0.2) is 48.5 Å². The highest BCUT2D eigenvalue weighted by Gasteiger charge is 2.35. The van der Waals surface area contributed by atoms with Crippen LogP contribution >= 0.6 is 0 Å². The molecular formula is C29H39F3. The lowest BCUT2D eigenvalue weighted by molar-refractivity contribution is -0.0566. The van der Waals surface area contributed by atoms with Gasteiger partial charge in [0.2, 0.25) is 0 Å². The van der Waals surface area contributed by atoms with Gasteiger partial charge in [0.25, 0.3) is 5.92 Å². The molecule has 2 aromatic carbocycles. The highest BCUT2D eigenvalue weighted by Crippen LogP contribution is 2.39. The molecule has 176 valence electrons. The number of hydrogen-bond acceptors (Lipinski definition) is 0. The van der Waals surface area contributed by atoms with Crippen molar-refractivity contribution in [3.63, 3.8) is 0 Å². The first-order valence-electron chi connectivity index (χ1n) is 12.6. The molecule has 0 aromatic heterocycles. The van der Waals surface area contributed by atoms with Crippen LogP contribution < -0.4 is 0 Å². The highest BCUT2D eigenvalue weighted by molar-refractivity contribution is 5.64. The van der Waals surface area contributed by atoms with Crippen molar-refractivity contribution in [1.82, 2.24) is 0 Å². The van der Waals surface area contributed by atoms with Crippen LogP contribution in [0, 0.1) is 5.92 Å². The summed E-state index contributed by atoms with van der Waals surface area (Å²) in [4.78, 5) is 0. The normalized spacial score (nSPS) is 20.3. The van der Waals surface area contributed by atoms with Gasteiger partial charge >= 0.3 is 0 Å². The van der Waals surface area contributed by atoms with E-state index in [2.05, 4.69) is 31.2 Å². The van der Waals surface area contributed by atoms with Gasteiger partial charge in [-0.25, -0.2) is 13.2 Å². The Balaban J connectivity index is 1.47. The van der Waals surface area contributed by atoms with Crippen LogP contribution in [-0.4, -0.2) is 5.92 Å². The van der Waals surface area contributed by atoms with Crippen molar-refractivity contribution in [3.8, 4) is 11.1 Å². The number of hydrogen-bond donors (Lipinski definition) is 0. The van der Waals surface area contributed by atoms with E-state index in [1.807, 2.05) is 0 Å². The van der Waals surface area contributed by atoms with Gasteiger partial charge in [-0.1, -0.05) is 100 Å². The van der Waals surface area contributed by atoms with Gasteiger partial charge in [0.1, 0.15) is 0 Å². The van der Waals surface area contributed by atoms with Crippen molar-refractivity contribution in [1.29, 1.82) is 0 Å². The highest BCUT2D eigenvalue weighted by atomic mass is 19.3. The van der Waals surface area contributed by atoms with Crippen LogP contribution in [0.25, 0.3) is 11.1 Å². The van der Waals surface area contributed by atoms with E-state index in [-0.39, 0.29) is 5.56 Å². The third-order valence-electron chi connectivity index (χ3n) is 7.18. The molecule has 0 heterocycles. The lowest BCUT2D eigenvalue weighted by atomic mass is 9.77. The lowest BCUT2D eigenvalue weighted by Crippen LogP contribution is -2.18. The molecule has 1 aliphatic rings. The summed E-state index contributed by atoms with van der Waals surface area (Å²) in [6.45, 7) is 2.89. The minimum absolute atomic E-state index is 0.0237. The van der Waals surface area contributed by atoms with Gasteiger partial charge in [0.15, 0.2) is 6.17 Å².